The van der Waals surface area contributed by atoms with E-state index in [4.69, 9.17) is 9.47 Å². The number of Topliss-reactive ketones (excluding diaryl/α,β-unsaturated/α-hetero) is 1. The summed E-state index contributed by atoms with van der Waals surface area (Å²) >= 11 is 0. The van der Waals surface area contributed by atoms with Crippen molar-refractivity contribution >= 4 is 17.9 Å². The van der Waals surface area contributed by atoms with E-state index in [0.29, 0.717) is 19.0 Å². The van der Waals surface area contributed by atoms with Crippen LogP contribution in [0.5, 0.6) is 11.5 Å². The third-order valence-electron chi connectivity index (χ3n) is 5.33. The van der Waals surface area contributed by atoms with Gasteiger partial charge in [0.15, 0.2) is 5.78 Å². The van der Waals surface area contributed by atoms with Crippen molar-refractivity contribution in [3.8, 4) is 11.5 Å². The second kappa shape index (κ2) is 10.3. The lowest BCUT2D eigenvalue weighted by molar-refractivity contribution is -0.113. The number of ether oxygens (including phenoxy) is 2. The van der Waals surface area contributed by atoms with Crippen LogP contribution in [-0.4, -0.2) is 44.5 Å². The van der Waals surface area contributed by atoms with Gasteiger partial charge in [0.1, 0.15) is 11.5 Å². The number of carbonyl (C=O) groups excluding carboxylic acids is 1. The molecule has 0 bridgehead atoms. The van der Waals surface area contributed by atoms with Crippen molar-refractivity contribution in [1.29, 1.82) is 0 Å². The number of benzene rings is 2. The predicted molar refractivity (Wildman–Crippen MR) is 123 cm³/mol. The molecule has 1 saturated heterocycles. The van der Waals surface area contributed by atoms with Crippen molar-refractivity contribution in [3.05, 3.63) is 70.8 Å². The molecule has 158 valence electrons. The first kappa shape index (κ1) is 21.8. The first-order chi connectivity index (χ1) is 14.5. The summed E-state index contributed by atoms with van der Waals surface area (Å²) in [6.07, 6.45) is 5.04. The van der Waals surface area contributed by atoms with E-state index in [9.17, 15) is 4.79 Å². The van der Waals surface area contributed by atoms with Crippen LogP contribution in [0.2, 0.25) is 0 Å². The molecule has 3 rings (SSSR count). The van der Waals surface area contributed by atoms with Gasteiger partial charge in [-0.25, -0.2) is 0 Å². The Morgan fingerprint density at radius 3 is 1.77 bits per heavy atom. The number of methoxy groups -OCH3 is 2. The highest BCUT2D eigenvalue weighted by Gasteiger charge is 2.26. The Kier molecular flexibility index (Phi) is 7.47. The number of rotatable bonds is 7. The normalized spacial score (nSPS) is 17.7. The van der Waals surface area contributed by atoms with E-state index >= 15 is 0 Å². The summed E-state index contributed by atoms with van der Waals surface area (Å²) in [4.78, 5) is 15.7. The van der Waals surface area contributed by atoms with Crippen molar-refractivity contribution in [2.45, 2.75) is 20.3 Å². The van der Waals surface area contributed by atoms with Crippen LogP contribution < -0.4 is 9.47 Å². The zero-order valence-electron chi connectivity index (χ0n) is 18.4. The van der Waals surface area contributed by atoms with Crippen molar-refractivity contribution in [1.82, 2.24) is 4.90 Å². The quantitative estimate of drug-likeness (QED) is 0.601. The molecule has 0 aromatic heterocycles. The molecule has 0 spiro atoms. The molecule has 30 heavy (non-hydrogen) atoms. The van der Waals surface area contributed by atoms with Crippen molar-refractivity contribution in [2.24, 2.45) is 5.92 Å². The van der Waals surface area contributed by atoms with Gasteiger partial charge in [0.2, 0.25) is 0 Å². The van der Waals surface area contributed by atoms with E-state index in [1.165, 1.54) is 0 Å². The average molecular weight is 406 g/mol. The molecule has 0 unspecified atom stereocenters. The van der Waals surface area contributed by atoms with E-state index in [1.54, 1.807) is 14.2 Å². The molecular weight excluding hydrogens is 374 g/mol. The van der Waals surface area contributed by atoms with E-state index in [1.807, 2.05) is 60.7 Å². The molecule has 1 fully saturated rings. The number of carbonyl (C=O) groups is 1. The summed E-state index contributed by atoms with van der Waals surface area (Å²) in [7, 11) is 3.31. The Labute approximate surface area is 179 Å². The minimum Gasteiger partial charge on any atom is -0.496 e. The highest BCUT2D eigenvalue weighted by molar-refractivity contribution is 6.14. The van der Waals surface area contributed by atoms with E-state index in [0.717, 1.165) is 46.7 Å². The minimum absolute atomic E-state index is 0.0904. The van der Waals surface area contributed by atoms with Crippen LogP contribution in [0, 0.1) is 5.92 Å². The summed E-state index contributed by atoms with van der Waals surface area (Å²) < 4.78 is 11.0. The maximum atomic E-state index is 13.4. The van der Waals surface area contributed by atoms with Gasteiger partial charge in [-0.15, -0.1) is 0 Å². The highest BCUT2D eigenvalue weighted by Crippen LogP contribution is 2.28. The van der Waals surface area contributed by atoms with Crippen LogP contribution >= 0.6 is 0 Å². The fourth-order valence-electron chi connectivity index (χ4n) is 3.66. The summed E-state index contributed by atoms with van der Waals surface area (Å²) in [6.45, 7) is 6.70. The van der Waals surface area contributed by atoms with E-state index < -0.39 is 0 Å². The van der Waals surface area contributed by atoms with Gasteiger partial charge in [-0.1, -0.05) is 50.2 Å². The molecule has 2 aromatic rings. The number of ketones is 1. The fourth-order valence-corrected chi connectivity index (χ4v) is 3.66. The number of para-hydroxylation sites is 2. The van der Waals surface area contributed by atoms with Gasteiger partial charge < -0.3 is 9.47 Å². The molecule has 0 N–H and O–H groups in total. The molecular formula is C26H31NO3. The lowest BCUT2D eigenvalue weighted by Gasteiger charge is -2.30. The lowest BCUT2D eigenvalue weighted by atomic mass is 9.93. The molecule has 0 radical (unpaired) electrons. The largest absolute Gasteiger partial charge is 0.496 e. The third-order valence-corrected chi connectivity index (χ3v) is 5.33. The number of hydrogen-bond donors (Lipinski definition) is 0. The third kappa shape index (κ3) is 5.39. The van der Waals surface area contributed by atoms with E-state index in [-0.39, 0.29) is 5.78 Å². The van der Waals surface area contributed by atoms with Gasteiger partial charge in [0.05, 0.1) is 14.2 Å². The van der Waals surface area contributed by atoms with Gasteiger partial charge >= 0.3 is 0 Å². The highest BCUT2D eigenvalue weighted by atomic mass is 16.5. The summed E-state index contributed by atoms with van der Waals surface area (Å²) in [5.74, 6) is 2.25. The molecule has 0 saturated carbocycles. The van der Waals surface area contributed by atoms with Gasteiger partial charge in [-0.05, 0) is 43.2 Å². The Balaban J connectivity index is 1.99. The summed E-state index contributed by atoms with van der Waals surface area (Å²) in [5.41, 5.74) is 3.42. The monoisotopic (exact) mass is 405 g/mol. The Bertz CT molecular complexity index is 873. The second-order valence-corrected chi connectivity index (χ2v) is 8.05. The molecule has 1 heterocycles. The van der Waals surface area contributed by atoms with E-state index in [2.05, 4.69) is 18.7 Å². The van der Waals surface area contributed by atoms with Gasteiger partial charge in [0.25, 0.3) is 0 Å². The summed E-state index contributed by atoms with van der Waals surface area (Å²) in [6, 6.07) is 15.6. The minimum atomic E-state index is 0.0904. The SMILES string of the molecule is COc1ccccc1/C=C1\CN(CCC(C)C)C/C(=C\c2ccccc2OC)C1=O. The Hall–Kier alpha value is -2.85. The molecule has 0 aliphatic carbocycles. The van der Waals surface area contributed by atoms with Gasteiger partial charge in [-0.2, -0.15) is 0 Å². The lowest BCUT2D eigenvalue weighted by Crippen LogP contribution is -2.38. The topological polar surface area (TPSA) is 38.8 Å². The molecule has 1 aliphatic rings. The van der Waals surface area contributed by atoms with Crippen molar-refractivity contribution < 1.29 is 14.3 Å². The number of likely N-dealkylation sites (tertiary alicyclic amines) is 1. The molecule has 2 aromatic carbocycles. The molecule has 4 heteroatoms. The average Bonchev–Trinajstić information content (AvgIpc) is 2.76. The molecule has 4 nitrogen and oxygen atoms in total. The standard InChI is InChI=1S/C26H31NO3/c1-19(2)13-14-27-17-22(15-20-9-5-7-11-24(20)29-3)26(28)23(18-27)16-21-10-6-8-12-25(21)30-4/h5-12,15-16,19H,13-14,17-18H2,1-4H3/b22-15+,23-16+. The molecule has 0 atom stereocenters. The first-order valence-electron chi connectivity index (χ1n) is 10.5. The van der Waals surface area contributed by atoms with Gasteiger partial charge in [0, 0.05) is 35.4 Å². The van der Waals surface area contributed by atoms with Crippen LogP contribution in [0.4, 0.5) is 0 Å². The maximum Gasteiger partial charge on any atom is 0.187 e. The Morgan fingerprint density at radius 1 is 0.867 bits per heavy atom. The number of hydrogen-bond acceptors (Lipinski definition) is 4. The van der Waals surface area contributed by atoms with Crippen molar-refractivity contribution in [3.63, 3.8) is 0 Å². The zero-order valence-corrected chi connectivity index (χ0v) is 18.4. The van der Waals surface area contributed by atoms with Crippen LogP contribution in [-0.2, 0) is 4.79 Å². The Morgan fingerprint density at radius 2 is 1.33 bits per heavy atom. The van der Waals surface area contributed by atoms with Crippen LogP contribution in [0.15, 0.2) is 59.7 Å². The first-order valence-corrected chi connectivity index (χ1v) is 10.5. The zero-order chi connectivity index (χ0) is 21.5. The smallest absolute Gasteiger partial charge is 0.187 e. The maximum absolute atomic E-state index is 13.4. The second-order valence-electron chi connectivity index (χ2n) is 8.05. The van der Waals surface area contributed by atoms with Crippen LogP contribution in [0.3, 0.4) is 0 Å². The van der Waals surface area contributed by atoms with Crippen LogP contribution in [0.1, 0.15) is 31.4 Å². The predicted octanol–water partition coefficient (Wildman–Crippen LogP) is 5.10. The summed E-state index contributed by atoms with van der Waals surface area (Å²) in [5, 5.41) is 0. The van der Waals surface area contributed by atoms with Crippen LogP contribution in [0.25, 0.3) is 12.2 Å². The molecule has 1 aliphatic heterocycles. The van der Waals surface area contributed by atoms with Crippen molar-refractivity contribution in [2.75, 3.05) is 33.9 Å². The fraction of sp³-hybridized carbons (Fsp3) is 0.346. The number of nitrogens with zero attached hydrogens (tertiary/aromatic N) is 1. The number of piperidine rings is 1. The molecule has 0 amide bonds. The van der Waals surface area contributed by atoms with Gasteiger partial charge in [-0.3, -0.25) is 9.69 Å².